The number of amides is 2. The van der Waals surface area contributed by atoms with Crippen molar-refractivity contribution < 1.29 is 24.2 Å². The van der Waals surface area contributed by atoms with Crippen LogP contribution in [0.25, 0.3) is 0 Å². The van der Waals surface area contributed by atoms with E-state index < -0.39 is 17.9 Å². The number of nitrogens with one attached hydrogen (secondary N) is 1. The van der Waals surface area contributed by atoms with Crippen molar-refractivity contribution in [2.75, 3.05) is 26.8 Å². The molecule has 20 heavy (non-hydrogen) atoms. The number of aliphatic carboxylic acids is 1. The molecule has 7 heteroatoms. The van der Waals surface area contributed by atoms with Gasteiger partial charge < -0.3 is 20.1 Å². The first-order valence-electron chi connectivity index (χ1n) is 6.82. The van der Waals surface area contributed by atoms with Crippen molar-refractivity contribution in [2.45, 2.75) is 25.3 Å². The highest BCUT2D eigenvalue weighted by molar-refractivity contribution is 5.91. The summed E-state index contributed by atoms with van der Waals surface area (Å²) in [4.78, 5) is 36.5. The number of carbonyl (C=O) groups excluding carboxylic acids is 2. The van der Waals surface area contributed by atoms with Gasteiger partial charge in [0.15, 0.2) is 0 Å². The van der Waals surface area contributed by atoms with Crippen LogP contribution >= 0.6 is 0 Å². The molecule has 1 heterocycles. The summed E-state index contributed by atoms with van der Waals surface area (Å²) in [5, 5.41) is 11.7. The monoisotopic (exact) mass is 284 g/mol. The molecule has 0 spiro atoms. The topological polar surface area (TPSA) is 95.9 Å². The van der Waals surface area contributed by atoms with Crippen LogP contribution in [0, 0.1) is 11.8 Å². The molecule has 0 aromatic carbocycles. The normalized spacial score (nSPS) is 23.8. The number of likely N-dealkylation sites (tertiary alicyclic amines) is 1. The smallest absolute Gasteiger partial charge is 0.326 e. The SMILES string of the molecule is COCCN1CC(C(=O)NC(C(=O)O)C2CC2)CC1=O. The average Bonchev–Trinajstić information content (AvgIpc) is 3.16. The van der Waals surface area contributed by atoms with Crippen LogP contribution in [0.2, 0.25) is 0 Å². The van der Waals surface area contributed by atoms with Crippen molar-refractivity contribution in [2.24, 2.45) is 11.8 Å². The summed E-state index contributed by atoms with van der Waals surface area (Å²) < 4.78 is 4.91. The summed E-state index contributed by atoms with van der Waals surface area (Å²) in [6, 6.07) is -0.814. The van der Waals surface area contributed by atoms with Gasteiger partial charge in [-0.15, -0.1) is 0 Å². The lowest BCUT2D eigenvalue weighted by molar-refractivity contribution is -0.143. The van der Waals surface area contributed by atoms with Gasteiger partial charge in [-0.2, -0.15) is 0 Å². The summed E-state index contributed by atoms with van der Waals surface area (Å²) >= 11 is 0. The van der Waals surface area contributed by atoms with E-state index in [9.17, 15) is 14.4 Å². The molecular weight excluding hydrogens is 264 g/mol. The molecular formula is C13H20N2O5. The lowest BCUT2D eigenvalue weighted by Gasteiger charge is -2.18. The maximum absolute atomic E-state index is 12.1. The standard InChI is InChI=1S/C13H20N2O5/c1-20-5-4-15-7-9(6-10(15)16)12(17)14-11(13(18)19)8-2-3-8/h8-9,11H,2-7H2,1H3,(H,14,17)(H,18,19). The molecule has 2 aliphatic rings. The molecule has 2 rings (SSSR count). The Morgan fingerprint density at radius 1 is 1.50 bits per heavy atom. The van der Waals surface area contributed by atoms with E-state index >= 15 is 0 Å². The highest BCUT2D eigenvalue weighted by Crippen LogP contribution is 2.33. The molecule has 7 nitrogen and oxygen atoms in total. The molecule has 1 aliphatic carbocycles. The van der Waals surface area contributed by atoms with Crippen molar-refractivity contribution in [3.8, 4) is 0 Å². The molecule has 2 N–H and O–H groups in total. The zero-order valence-corrected chi connectivity index (χ0v) is 11.5. The second-order valence-electron chi connectivity index (χ2n) is 5.40. The van der Waals surface area contributed by atoms with Crippen molar-refractivity contribution >= 4 is 17.8 Å². The van der Waals surface area contributed by atoms with Crippen LogP contribution < -0.4 is 5.32 Å². The number of carbonyl (C=O) groups is 3. The van der Waals surface area contributed by atoms with E-state index in [1.165, 1.54) is 0 Å². The third-order valence-corrected chi connectivity index (χ3v) is 3.81. The fraction of sp³-hybridized carbons (Fsp3) is 0.769. The fourth-order valence-electron chi connectivity index (χ4n) is 2.45. The highest BCUT2D eigenvalue weighted by Gasteiger charge is 2.40. The van der Waals surface area contributed by atoms with Crippen LogP contribution in [-0.2, 0) is 19.1 Å². The number of nitrogens with zero attached hydrogens (tertiary/aromatic N) is 1. The van der Waals surface area contributed by atoms with Crippen LogP contribution in [0.3, 0.4) is 0 Å². The van der Waals surface area contributed by atoms with Gasteiger partial charge in [-0.05, 0) is 18.8 Å². The van der Waals surface area contributed by atoms with Crippen LogP contribution in [0.1, 0.15) is 19.3 Å². The van der Waals surface area contributed by atoms with Crippen molar-refractivity contribution in [1.82, 2.24) is 10.2 Å². The summed E-state index contributed by atoms with van der Waals surface area (Å²) in [5.41, 5.74) is 0. The number of methoxy groups -OCH3 is 1. The Kier molecular flexibility index (Phi) is 4.59. The van der Waals surface area contributed by atoms with Gasteiger partial charge in [0, 0.05) is 26.6 Å². The first-order chi connectivity index (χ1) is 9.52. The average molecular weight is 284 g/mol. The summed E-state index contributed by atoms with van der Waals surface area (Å²) in [5.74, 6) is -1.84. The molecule has 1 saturated heterocycles. The van der Waals surface area contributed by atoms with Crippen molar-refractivity contribution in [1.29, 1.82) is 0 Å². The number of hydrogen-bond acceptors (Lipinski definition) is 4. The zero-order valence-electron chi connectivity index (χ0n) is 11.5. The van der Waals surface area contributed by atoms with Gasteiger partial charge in [0.2, 0.25) is 11.8 Å². The summed E-state index contributed by atoms with van der Waals surface area (Å²) in [7, 11) is 1.55. The summed E-state index contributed by atoms with van der Waals surface area (Å²) in [6.45, 7) is 1.23. The molecule has 0 bridgehead atoms. The first kappa shape index (κ1) is 14.8. The van der Waals surface area contributed by atoms with E-state index in [1.807, 2.05) is 0 Å². The van der Waals surface area contributed by atoms with Gasteiger partial charge in [0.1, 0.15) is 6.04 Å². The van der Waals surface area contributed by atoms with Gasteiger partial charge in [0.05, 0.1) is 12.5 Å². The number of ether oxygens (including phenoxy) is 1. The third-order valence-electron chi connectivity index (χ3n) is 3.81. The van der Waals surface area contributed by atoms with E-state index in [0.29, 0.717) is 19.7 Å². The predicted octanol–water partition coefficient (Wildman–Crippen LogP) is -0.539. The molecule has 0 aromatic rings. The third kappa shape index (κ3) is 3.47. The van der Waals surface area contributed by atoms with Gasteiger partial charge in [-0.1, -0.05) is 0 Å². The Balaban J connectivity index is 1.86. The number of hydrogen-bond donors (Lipinski definition) is 2. The van der Waals surface area contributed by atoms with Crippen molar-refractivity contribution in [3.05, 3.63) is 0 Å². The molecule has 1 saturated carbocycles. The Bertz CT molecular complexity index is 408. The quantitative estimate of drug-likeness (QED) is 0.654. The Labute approximate surface area is 117 Å². The minimum atomic E-state index is -0.999. The second-order valence-corrected chi connectivity index (χ2v) is 5.40. The van der Waals surface area contributed by atoms with E-state index in [4.69, 9.17) is 9.84 Å². The highest BCUT2D eigenvalue weighted by atomic mass is 16.5. The fourth-order valence-corrected chi connectivity index (χ4v) is 2.45. The molecule has 2 atom stereocenters. The maximum Gasteiger partial charge on any atom is 0.326 e. The molecule has 112 valence electrons. The number of carboxylic acid groups (broad SMARTS) is 1. The van der Waals surface area contributed by atoms with Gasteiger partial charge in [-0.3, -0.25) is 9.59 Å². The Morgan fingerprint density at radius 2 is 2.20 bits per heavy atom. The first-order valence-corrected chi connectivity index (χ1v) is 6.82. The molecule has 2 amide bonds. The molecule has 0 aromatic heterocycles. The van der Waals surface area contributed by atoms with Gasteiger partial charge >= 0.3 is 5.97 Å². The Hall–Kier alpha value is -1.63. The van der Waals surface area contributed by atoms with E-state index in [-0.39, 0.29) is 24.2 Å². The minimum absolute atomic E-state index is 0.0400. The van der Waals surface area contributed by atoms with Crippen molar-refractivity contribution in [3.63, 3.8) is 0 Å². The number of carboxylic acids is 1. The van der Waals surface area contributed by atoms with Crippen LogP contribution in [0.5, 0.6) is 0 Å². The second kappa shape index (κ2) is 6.21. The Morgan fingerprint density at radius 3 is 2.75 bits per heavy atom. The van der Waals surface area contributed by atoms with Crippen LogP contribution in [0.4, 0.5) is 0 Å². The predicted molar refractivity (Wildman–Crippen MR) is 68.9 cm³/mol. The maximum atomic E-state index is 12.1. The van der Waals surface area contributed by atoms with Crippen LogP contribution in [0.15, 0.2) is 0 Å². The lowest BCUT2D eigenvalue weighted by Crippen LogP contribution is -2.45. The van der Waals surface area contributed by atoms with Gasteiger partial charge in [0.25, 0.3) is 0 Å². The lowest BCUT2D eigenvalue weighted by atomic mass is 10.1. The minimum Gasteiger partial charge on any atom is -0.480 e. The van der Waals surface area contributed by atoms with E-state index in [0.717, 1.165) is 12.8 Å². The van der Waals surface area contributed by atoms with Crippen LogP contribution in [-0.4, -0.2) is 60.6 Å². The van der Waals surface area contributed by atoms with Gasteiger partial charge in [-0.25, -0.2) is 4.79 Å². The van der Waals surface area contributed by atoms with E-state index in [2.05, 4.69) is 5.32 Å². The van der Waals surface area contributed by atoms with E-state index in [1.54, 1.807) is 12.0 Å². The molecule has 2 unspecified atom stereocenters. The largest absolute Gasteiger partial charge is 0.480 e. The molecule has 2 fully saturated rings. The number of rotatable bonds is 7. The summed E-state index contributed by atoms with van der Waals surface area (Å²) in [6.07, 6.45) is 1.81. The molecule has 0 radical (unpaired) electrons. The molecule has 1 aliphatic heterocycles. The zero-order chi connectivity index (χ0) is 14.7.